The van der Waals surface area contributed by atoms with E-state index in [0.29, 0.717) is 34.5 Å². The Balaban J connectivity index is 1.30. The Morgan fingerprint density at radius 3 is 2.68 bits per heavy atom. The SMILES string of the molecule is COc1ccc2cc(C(=O)Nc3ccc(Oc4ccc5c(c4)OCO5)nc3)n(C)c2c1. The number of anilines is 1. The predicted octanol–water partition coefficient (Wildman–Crippen LogP) is 4.36. The number of aryl methyl sites for hydroxylation is 1. The average molecular weight is 417 g/mol. The number of fused-ring (bicyclic) bond motifs is 2. The summed E-state index contributed by atoms with van der Waals surface area (Å²) in [5.41, 5.74) is 2.00. The number of amides is 1. The van der Waals surface area contributed by atoms with Gasteiger partial charge in [0.15, 0.2) is 11.5 Å². The molecule has 156 valence electrons. The first kappa shape index (κ1) is 18.8. The highest BCUT2D eigenvalue weighted by Gasteiger charge is 2.16. The average Bonchev–Trinajstić information content (AvgIpc) is 3.39. The Kier molecular flexibility index (Phi) is 4.59. The lowest BCUT2D eigenvalue weighted by Crippen LogP contribution is -2.15. The summed E-state index contributed by atoms with van der Waals surface area (Å²) in [6, 6.07) is 16.3. The van der Waals surface area contributed by atoms with Crippen molar-refractivity contribution in [3.63, 3.8) is 0 Å². The summed E-state index contributed by atoms with van der Waals surface area (Å²) in [6.45, 7) is 0.204. The third-order valence-electron chi connectivity index (χ3n) is 5.05. The van der Waals surface area contributed by atoms with Crippen LogP contribution in [0.5, 0.6) is 28.9 Å². The van der Waals surface area contributed by atoms with E-state index in [0.717, 1.165) is 16.7 Å². The molecule has 31 heavy (non-hydrogen) atoms. The summed E-state index contributed by atoms with van der Waals surface area (Å²) in [6.07, 6.45) is 1.55. The fraction of sp³-hybridized carbons (Fsp3) is 0.130. The monoisotopic (exact) mass is 417 g/mol. The molecule has 0 atom stereocenters. The molecule has 1 N–H and O–H groups in total. The van der Waals surface area contributed by atoms with Gasteiger partial charge >= 0.3 is 0 Å². The van der Waals surface area contributed by atoms with E-state index in [1.54, 1.807) is 43.6 Å². The van der Waals surface area contributed by atoms with Crippen LogP contribution in [0.4, 0.5) is 5.69 Å². The van der Waals surface area contributed by atoms with E-state index in [4.69, 9.17) is 18.9 Å². The molecule has 8 nitrogen and oxygen atoms in total. The normalized spacial score (nSPS) is 12.1. The third-order valence-corrected chi connectivity index (χ3v) is 5.05. The number of benzene rings is 2. The van der Waals surface area contributed by atoms with Crippen molar-refractivity contribution in [2.75, 3.05) is 19.2 Å². The van der Waals surface area contributed by atoms with Gasteiger partial charge < -0.3 is 28.8 Å². The van der Waals surface area contributed by atoms with Crippen LogP contribution in [0.25, 0.3) is 10.9 Å². The largest absolute Gasteiger partial charge is 0.497 e. The molecular weight excluding hydrogens is 398 g/mol. The van der Waals surface area contributed by atoms with Crippen molar-refractivity contribution in [3.05, 3.63) is 66.5 Å². The van der Waals surface area contributed by atoms with Crippen LogP contribution in [0.3, 0.4) is 0 Å². The molecule has 0 unspecified atom stereocenters. The number of methoxy groups -OCH3 is 1. The molecular formula is C23H19N3O5. The van der Waals surface area contributed by atoms with Gasteiger partial charge in [-0.05, 0) is 36.4 Å². The van der Waals surface area contributed by atoms with E-state index in [-0.39, 0.29) is 12.7 Å². The molecule has 8 heteroatoms. The topological polar surface area (TPSA) is 83.8 Å². The number of nitrogens with zero attached hydrogens (tertiary/aromatic N) is 2. The fourth-order valence-corrected chi connectivity index (χ4v) is 3.43. The summed E-state index contributed by atoms with van der Waals surface area (Å²) in [5.74, 6) is 2.80. The van der Waals surface area contributed by atoms with Gasteiger partial charge in [-0.15, -0.1) is 0 Å². The standard InChI is InChI=1S/C23H19N3O5/c1-26-18-10-16(28-2)5-3-14(18)9-19(26)23(27)25-15-4-8-22(24-12-15)31-17-6-7-20-21(11-17)30-13-29-20/h3-12H,13H2,1-2H3,(H,25,27). The highest BCUT2D eigenvalue weighted by Crippen LogP contribution is 2.36. The minimum Gasteiger partial charge on any atom is -0.497 e. The maximum atomic E-state index is 12.8. The Hall–Kier alpha value is -4.20. The number of ether oxygens (including phenoxy) is 4. The number of nitrogens with one attached hydrogen (secondary N) is 1. The zero-order chi connectivity index (χ0) is 21.4. The van der Waals surface area contributed by atoms with Crippen molar-refractivity contribution in [2.24, 2.45) is 7.05 Å². The van der Waals surface area contributed by atoms with Crippen LogP contribution in [0, 0.1) is 0 Å². The van der Waals surface area contributed by atoms with Crippen molar-refractivity contribution in [2.45, 2.75) is 0 Å². The first-order valence-corrected chi connectivity index (χ1v) is 9.59. The summed E-state index contributed by atoms with van der Waals surface area (Å²) >= 11 is 0. The number of pyridine rings is 1. The van der Waals surface area contributed by atoms with Gasteiger partial charge in [0.2, 0.25) is 12.7 Å². The van der Waals surface area contributed by atoms with Crippen LogP contribution < -0.4 is 24.3 Å². The molecule has 0 saturated heterocycles. The molecule has 0 spiro atoms. The van der Waals surface area contributed by atoms with Crippen LogP contribution in [0.2, 0.25) is 0 Å². The molecule has 0 radical (unpaired) electrons. The summed E-state index contributed by atoms with van der Waals surface area (Å²) in [5, 5.41) is 3.83. The first-order valence-electron chi connectivity index (χ1n) is 9.59. The van der Waals surface area contributed by atoms with Crippen LogP contribution >= 0.6 is 0 Å². The van der Waals surface area contributed by atoms with Gasteiger partial charge in [-0.2, -0.15) is 0 Å². The summed E-state index contributed by atoms with van der Waals surface area (Å²) in [7, 11) is 3.46. The van der Waals surface area contributed by atoms with E-state index in [1.807, 2.05) is 35.9 Å². The summed E-state index contributed by atoms with van der Waals surface area (Å²) < 4.78 is 23.5. The van der Waals surface area contributed by atoms with Gasteiger partial charge in [0.05, 0.1) is 24.5 Å². The molecule has 0 fully saturated rings. The van der Waals surface area contributed by atoms with Gasteiger partial charge in [-0.25, -0.2) is 4.98 Å². The molecule has 2 aromatic carbocycles. The number of aromatic nitrogens is 2. The Morgan fingerprint density at radius 2 is 1.87 bits per heavy atom. The van der Waals surface area contributed by atoms with Crippen molar-refractivity contribution in [3.8, 4) is 28.9 Å². The lowest BCUT2D eigenvalue weighted by atomic mass is 10.2. The second-order valence-electron chi connectivity index (χ2n) is 6.97. The molecule has 5 rings (SSSR count). The van der Waals surface area contributed by atoms with E-state index in [1.165, 1.54) is 0 Å². The van der Waals surface area contributed by atoms with Gasteiger partial charge in [-0.1, -0.05) is 0 Å². The molecule has 0 saturated carbocycles. The van der Waals surface area contributed by atoms with Crippen LogP contribution in [-0.2, 0) is 7.05 Å². The maximum absolute atomic E-state index is 12.8. The van der Waals surface area contributed by atoms with Crippen LogP contribution in [0.15, 0.2) is 60.8 Å². The number of carbonyl (C=O) groups excluding carboxylic acids is 1. The van der Waals surface area contributed by atoms with E-state index < -0.39 is 0 Å². The highest BCUT2D eigenvalue weighted by molar-refractivity contribution is 6.06. The molecule has 4 aromatic rings. The lowest BCUT2D eigenvalue weighted by Gasteiger charge is -2.08. The number of hydrogen-bond donors (Lipinski definition) is 1. The van der Waals surface area contributed by atoms with Gasteiger partial charge in [0.25, 0.3) is 5.91 Å². The molecule has 1 aliphatic rings. The molecule has 0 aliphatic carbocycles. The van der Waals surface area contributed by atoms with Crippen molar-refractivity contribution in [1.82, 2.24) is 9.55 Å². The second kappa shape index (κ2) is 7.56. The highest BCUT2D eigenvalue weighted by atomic mass is 16.7. The molecule has 0 bridgehead atoms. The second-order valence-corrected chi connectivity index (χ2v) is 6.97. The fourth-order valence-electron chi connectivity index (χ4n) is 3.43. The van der Waals surface area contributed by atoms with Gasteiger partial charge in [0, 0.05) is 30.6 Å². The number of hydrogen-bond acceptors (Lipinski definition) is 6. The van der Waals surface area contributed by atoms with Gasteiger partial charge in [0.1, 0.15) is 17.2 Å². The number of rotatable bonds is 5. The smallest absolute Gasteiger partial charge is 0.272 e. The zero-order valence-electron chi connectivity index (χ0n) is 16.9. The molecule has 3 heterocycles. The molecule has 2 aromatic heterocycles. The van der Waals surface area contributed by atoms with E-state index >= 15 is 0 Å². The van der Waals surface area contributed by atoms with E-state index in [9.17, 15) is 4.79 Å². The predicted molar refractivity (Wildman–Crippen MR) is 114 cm³/mol. The van der Waals surface area contributed by atoms with Crippen molar-refractivity contribution in [1.29, 1.82) is 0 Å². The Bertz CT molecular complexity index is 1280. The van der Waals surface area contributed by atoms with Crippen LogP contribution in [-0.4, -0.2) is 29.4 Å². The molecule has 1 amide bonds. The van der Waals surface area contributed by atoms with Crippen LogP contribution in [0.1, 0.15) is 10.5 Å². The first-order chi connectivity index (χ1) is 15.1. The van der Waals surface area contributed by atoms with E-state index in [2.05, 4.69) is 10.3 Å². The third kappa shape index (κ3) is 3.59. The minimum absolute atomic E-state index is 0.204. The number of carbonyl (C=O) groups is 1. The molecule has 1 aliphatic heterocycles. The Morgan fingerprint density at radius 1 is 1.03 bits per heavy atom. The Labute approximate surface area is 177 Å². The van der Waals surface area contributed by atoms with Crippen molar-refractivity contribution < 1.29 is 23.7 Å². The zero-order valence-corrected chi connectivity index (χ0v) is 16.9. The minimum atomic E-state index is -0.232. The summed E-state index contributed by atoms with van der Waals surface area (Å²) in [4.78, 5) is 17.1. The maximum Gasteiger partial charge on any atom is 0.272 e. The van der Waals surface area contributed by atoms with Crippen molar-refractivity contribution >= 4 is 22.5 Å². The van der Waals surface area contributed by atoms with Gasteiger partial charge in [-0.3, -0.25) is 4.79 Å². The quantitative estimate of drug-likeness (QED) is 0.520. The lowest BCUT2D eigenvalue weighted by molar-refractivity contribution is 0.101.